The van der Waals surface area contributed by atoms with Crippen molar-refractivity contribution in [3.8, 4) is 0 Å². The van der Waals surface area contributed by atoms with Crippen molar-refractivity contribution in [2.45, 2.75) is 64.9 Å². The minimum atomic E-state index is -5.14. The summed E-state index contributed by atoms with van der Waals surface area (Å²) in [5, 5.41) is 2.70. The molecule has 4 amide bonds. The highest BCUT2D eigenvalue weighted by atomic mass is 19.4. The number of likely N-dealkylation sites (tertiary alicyclic amines) is 1. The molecule has 42 heavy (non-hydrogen) atoms. The number of nitrogens with zero attached hydrogens (tertiary/aromatic N) is 2. The minimum absolute atomic E-state index is 0.176. The minimum Gasteiger partial charge on any atom is -0.378 e. The molecule has 2 aliphatic heterocycles. The van der Waals surface area contributed by atoms with Crippen LogP contribution in [0.2, 0.25) is 0 Å². The van der Waals surface area contributed by atoms with Crippen molar-refractivity contribution in [3.05, 3.63) is 35.4 Å². The maximum Gasteiger partial charge on any atom is 0.452 e. The molecule has 1 aromatic rings. The zero-order valence-electron chi connectivity index (χ0n) is 24.0. The zero-order valence-corrected chi connectivity index (χ0v) is 24.0. The number of halogens is 3. The number of alkyl halides is 3. The number of carbonyl (C=O) groups excluding carboxylic acids is 5. The molecule has 3 atom stereocenters. The van der Waals surface area contributed by atoms with E-state index in [-0.39, 0.29) is 30.4 Å². The van der Waals surface area contributed by atoms with Gasteiger partial charge >= 0.3 is 6.18 Å². The molecule has 14 heteroatoms. The molecule has 0 spiro atoms. The third-order valence-electron chi connectivity index (χ3n) is 7.18. The molecule has 232 valence electrons. The van der Waals surface area contributed by atoms with Gasteiger partial charge in [-0.05, 0) is 48.9 Å². The van der Waals surface area contributed by atoms with Gasteiger partial charge in [0.15, 0.2) is 6.10 Å². The van der Waals surface area contributed by atoms with E-state index in [0.717, 1.165) is 0 Å². The van der Waals surface area contributed by atoms with Gasteiger partial charge in [-0.2, -0.15) is 13.2 Å². The Labute approximate surface area is 242 Å². The van der Waals surface area contributed by atoms with E-state index >= 15 is 0 Å². The van der Waals surface area contributed by atoms with E-state index in [0.29, 0.717) is 38.3 Å². The molecule has 0 aliphatic carbocycles. The molecule has 2 aliphatic rings. The normalized spacial score (nSPS) is 19.0. The highest BCUT2D eigenvalue weighted by molar-refractivity contribution is 6.00. The summed E-state index contributed by atoms with van der Waals surface area (Å²) < 4.78 is 44.0. The van der Waals surface area contributed by atoms with Crippen LogP contribution in [0.5, 0.6) is 0 Å². The number of benzene rings is 1. The molecule has 1 aromatic carbocycles. The summed E-state index contributed by atoms with van der Waals surface area (Å²) in [6.45, 7) is 8.18. The molecule has 0 saturated carbocycles. The van der Waals surface area contributed by atoms with Crippen molar-refractivity contribution in [1.82, 2.24) is 20.6 Å². The van der Waals surface area contributed by atoms with Gasteiger partial charge in [-0.25, -0.2) is 5.48 Å². The van der Waals surface area contributed by atoms with Crippen molar-refractivity contribution in [2.24, 2.45) is 11.8 Å². The molecule has 2 heterocycles. The second-order valence-corrected chi connectivity index (χ2v) is 11.0. The fourth-order valence-corrected chi connectivity index (χ4v) is 4.78. The summed E-state index contributed by atoms with van der Waals surface area (Å²) in [7, 11) is 0. The van der Waals surface area contributed by atoms with Gasteiger partial charge in [0, 0.05) is 30.8 Å². The van der Waals surface area contributed by atoms with Crippen LogP contribution in [0.4, 0.5) is 13.2 Å². The van der Waals surface area contributed by atoms with Gasteiger partial charge in [-0.3, -0.25) is 28.8 Å². The van der Waals surface area contributed by atoms with Crippen molar-refractivity contribution in [1.29, 1.82) is 0 Å². The largest absolute Gasteiger partial charge is 0.452 e. The van der Waals surface area contributed by atoms with Gasteiger partial charge in [-0.1, -0.05) is 27.7 Å². The van der Waals surface area contributed by atoms with Gasteiger partial charge in [0.25, 0.3) is 23.5 Å². The number of hydroxylamine groups is 1. The van der Waals surface area contributed by atoms with Crippen molar-refractivity contribution < 1.29 is 46.7 Å². The number of ether oxygens (including phenoxy) is 1. The monoisotopic (exact) mass is 598 g/mol. The van der Waals surface area contributed by atoms with Gasteiger partial charge in [0.2, 0.25) is 5.91 Å². The van der Waals surface area contributed by atoms with Crippen molar-refractivity contribution in [3.63, 3.8) is 0 Å². The molecule has 0 aromatic heterocycles. The average Bonchev–Trinajstić information content (AvgIpc) is 3.45. The quantitative estimate of drug-likeness (QED) is 0.394. The Morgan fingerprint density at radius 2 is 1.52 bits per heavy atom. The number of carbonyl (C=O) groups is 5. The number of rotatable bonds is 10. The summed E-state index contributed by atoms with van der Waals surface area (Å²) in [5.41, 5.74) is 2.58. The topological polar surface area (TPSA) is 134 Å². The van der Waals surface area contributed by atoms with Crippen LogP contribution in [0.3, 0.4) is 0 Å². The van der Waals surface area contributed by atoms with E-state index in [2.05, 4.69) is 5.32 Å². The summed E-state index contributed by atoms with van der Waals surface area (Å²) in [6.07, 6.45) is -6.43. The molecule has 0 radical (unpaired) electrons. The maximum atomic E-state index is 13.5. The summed E-state index contributed by atoms with van der Waals surface area (Å²) in [5.74, 6) is -5.52. The molecule has 1 unspecified atom stereocenters. The second-order valence-electron chi connectivity index (χ2n) is 11.0. The fraction of sp³-hybridized carbons (Fsp3) is 0.607. The molecule has 0 bridgehead atoms. The SMILES string of the molecule is CC(C)C(ONC(=O)[C@@H]1CCCN1C(=O)[C@@H](NC(=O)c1ccc(C(=O)N2CCOCC2)cc1)C(C)C)C(=O)C(F)(F)F. The first kappa shape index (κ1) is 33.0. The predicted octanol–water partition coefficient (Wildman–Crippen LogP) is 2.11. The summed E-state index contributed by atoms with van der Waals surface area (Å²) >= 11 is 0. The lowest BCUT2D eigenvalue weighted by Gasteiger charge is -2.31. The van der Waals surface area contributed by atoms with Crippen LogP contribution in [0, 0.1) is 11.8 Å². The molecule has 3 rings (SSSR count). The van der Waals surface area contributed by atoms with Crippen LogP contribution < -0.4 is 10.8 Å². The third kappa shape index (κ3) is 8.06. The van der Waals surface area contributed by atoms with Crippen molar-refractivity contribution >= 4 is 29.4 Å². The van der Waals surface area contributed by atoms with Gasteiger partial charge in [0.05, 0.1) is 13.2 Å². The lowest BCUT2D eigenvalue weighted by molar-refractivity contribution is -0.191. The van der Waals surface area contributed by atoms with Crippen molar-refractivity contribution in [2.75, 3.05) is 32.8 Å². The Hall–Kier alpha value is -3.52. The average molecular weight is 599 g/mol. The number of amides is 4. The van der Waals surface area contributed by atoms with Gasteiger partial charge in [-0.15, -0.1) is 0 Å². The fourth-order valence-electron chi connectivity index (χ4n) is 4.78. The molecule has 2 saturated heterocycles. The summed E-state index contributed by atoms with van der Waals surface area (Å²) in [4.78, 5) is 71.6. The van der Waals surface area contributed by atoms with Crippen LogP contribution in [0.15, 0.2) is 24.3 Å². The van der Waals surface area contributed by atoms with Crippen LogP contribution >= 0.6 is 0 Å². The first-order valence-electron chi connectivity index (χ1n) is 13.9. The lowest BCUT2D eigenvalue weighted by atomic mass is 10.0. The Morgan fingerprint density at radius 1 is 0.929 bits per heavy atom. The number of Topliss-reactive ketones (excluding diaryl/α,β-unsaturated/α-hetero) is 1. The molecule has 2 N–H and O–H groups in total. The first-order chi connectivity index (χ1) is 19.7. The molecule has 11 nitrogen and oxygen atoms in total. The van der Waals surface area contributed by atoms with E-state index < -0.39 is 53.8 Å². The van der Waals surface area contributed by atoms with E-state index in [9.17, 15) is 37.1 Å². The highest BCUT2D eigenvalue weighted by Gasteiger charge is 2.46. The molecular weight excluding hydrogens is 561 g/mol. The van der Waals surface area contributed by atoms with Crippen LogP contribution in [-0.4, -0.2) is 96.4 Å². The second kappa shape index (κ2) is 14.1. The van der Waals surface area contributed by atoms with Crippen LogP contribution in [0.25, 0.3) is 0 Å². The zero-order chi connectivity index (χ0) is 31.2. The van der Waals surface area contributed by atoms with E-state index in [4.69, 9.17) is 9.57 Å². The smallest absolute Gasteiger partial charge is 0.378 e. The number of hydrogen-bond donors (Lipinski definition) is 2. The number of nitrogens with one attached hydrogen (secondary N) is 2. The Kier molecular flexibility index (Phi) is 11.1. The Balaban J connectivity index is 1.65. The number of hydrogen-bond acceptors (Lipinski definition) is 7. The Bertz CT molecular complexity index is 1150. The molecular formula is C28H37F3N4O7. The van der Waals surface area contributed by atoms with Gasteiger partial charge in [0.1, 0.15) is 12.1 Å². The third-order valence-corrected chi connectivity index (χ3v) is 7.18. The van der Waals surface area contributed by atoms with Crippen LogP contribution in [0.1, 0.15) is 61.3 Å². The highest BCUT2D eigenvalue weighted by Crippen LogP contribution is 2.24. The summed E-state index contributed by atoms with van der Waals surface area (Å²) in [6, 6.07) is 3.97. The first-order valence-corrected chi connectivity index (χ1v) is 13.9. The van der Waals surface area contributed by atoms with E-state index in [1.807, 2.05) is 5.48 Å². The lowest BCUT2D eigenvalue weighted by Crippen LogP contribution is -2.55. The number of morpholine rings is 1. The molecule has 2 fully saturated rings. The van der Waals surface area contributed by atoms with Gasteiger partial charge < -0.3 is 19.9 Å². The van der Waals surface area contributed by atoms with Crippen LogP contribution in [-0.2, 0) is 24.0 Å². The maximum absolute atomic E-state index is 13.5. The van der Waals surface area contributed by atoms with E-state index in [1.165, 1.54) is 43.0 Å². The number of ketones is 1. The van der Waals surface area contributed by atoms with E-state index in [1.54, 1.807) is 18.7 Å². The Morgan fingerprint density at radius 3 is 2.07 bits per heavy atom. The predicted molar refractivity (Wildman–Crippen MR) is 143 cm³/mol. The standard InChI is InChI=1S/C28H37F3N4O7/c1-16(2)21(32-24(37)18-7-9-19(10-8-18)26(39)34-12-14-41-15-13-34)27(40)35-11-5-6-20(35)25(38)33-42-22(17(3)4)23(36)28(29,30)31/h7-10,16-17,20-22H,5-6,11-15H2,1-4H3,(H,32,37)(H,33,38)/t20-,21-,22?/m0/s1.